The Morgan fingerprint density at radius 2 is 2.00 bits per heavy atom. The molecule has 0 amide bonds. The van der Waals surface area contributed by atoms with Crippen molar-refractivity contribution in [3.05, 3.63) is 35.4 Å². The van der Waals surface area contributed by atoms with E-state index in [2.05, 4.69) is 19.1 Å². The average molecular weight is 246 g/mol. The van der Waals surface area contributed by atoms with Crippen molar-refractivity contribution in [3.8, 4) is 0 Å². The number of ether oxygens (including phenoxy) is 1. The lowest BCUT2D eigenvalue weighted by molar-refractivity contribution is -0.120. The number of aryl methyl sites for hydroxylation is 2. The van der Waals surface area contributed by atoms with Gasteiger partial charge in [0.15, 0.2) is 0 Å². The first-order valence-electron chi connectivity index (χ1n) is 6.89. The standard InChI is InChI=1S/C16H22O2/c1-13-4-2-3-5-15(13)6-7-16(17)12-14-8-10-18-11-9-14/h2-5,14H,6-12H2,1H3. The van der Waals surface area contributed by atoms with Crippen molar-refractivity contribution >= 4 is 5.78 Å². The number of rotatable bonds is 5. The van der Waals surface area contributed by atoms with Gasteiger partial charge in [0.2, 0.25) is 0 Å². The van der Waals surface area contributed by atoms with Crippen molar-refractivity contribution in [1.82, 2.24) is 0 Å². The van der Waals surface area contributed by atoms with Crippen LogP contribution in [0.4, 0.5) is 0 Å². The molecule has 18 heavy (non-hydrogen) atoms. The van der Waals surface area contributed by atoms with E-state index in [0.29, 0.717) is 18.1 Å². The lowest BCUT2D eigenvalue weighted by Crippen LogP contribution is -2.18. The highest BCUT2D eigenvalue weighted by Gasteiger charge is 2.17. The summed E-state index contributed by atoms with van der Waals surface area (Å²) in [5.74, 6) is 0.966. The molecule has 0 unspecified atom stereocenters. The highest BCUT2D eigenvalue weighted by atomic mass is 16.5. The van der Waals surface area contributed by atoms with Gasteiger partial charge >= 0.3 is 0 Å². The van der Waals surface area contributed by atoms with Crippen molar-refractivity contribution in [3.63, 3.8) is 0 Å². The molecule has 0 aromatic heterocycles. The molecule has 0 saturated carbocycles. The van der Waals surface area contributed by atoms with Gasteiger partial charge in [0.05, 0.1) is 0 Å². The van der Waals surface area contributed by atoms with Crippen molar-refractivity contribution in [2.24, 2.45) is 5.92 Å². The molecule has 1 fully saturated rings. The Bertz CT molecular complexity index is 392. The summed E-state index contributed by atoms with van der Waals surface area (Å²) in [6.45, 7) is 3.77. The van der Waals surface area contributed by atoms with Crippen LogP contribution in [0.3, 0.4) is 0 Å². The van der Waals surface area contributed by atoms with Gasteiger partial charge in [0, 0.05) is 26.1 Å². The molecule has 1 aromatic rings. The smallest absolute Gasteiger partial charge is 0.133 e. The van der Waals surface area contributed by atoms with Crippen LogP contribution in [0.2, 0.25) is 0 Å². The second-order valence-electron chi connectivity index (χ2n) is 5.23. The minimum Gasteiger partial charge on any atom is -0.381 e. The molecule has 2 rings (SSSR count). The Morgan fingerprint density at radius 3 is 2.72 bits per heavy atom. The molecule has 0 bridgehead atoms. The minimum absolute atomic E-state index is 0.408. The van der Waals surface area contributed by atoms with E-state index in [4.69, 9.17) is 4.74 Å². The van der Waals surface area contributed by atoms with Crippen LogP contribution in [-0.4, -0.2) is 19.0 Å². The Kier molecular flexibility index (Phi) is 4.94. The van der Waals surface area contributed by atoms with Crippen molar-refractivity contribution in [2.75, 3.05) is 13.2 Å². The first-order valence-corrected chi connectivity index (χ1v) is 6.89. The zero-order valence-corrected chi connectivity index (χ0v) is 11.2. The summed E-state index contributed by atoms with van der Waals surface area (Å²) >= 11 is 0. The third-order valence-corrected chi connectivity index (χ3v) is 3.79. The molecule has 2 heteroatoms. The molecule has 1 aliphatic heterocycles. The van der Waals surface area contributed by atoms with Crippen LogP contribution in [0.15, 0.2) is 24.3 Å². The fourth-order valence-corrected chi connectivity index (χ4v) is 2.54. The fraction of sp³-hybridized carbons (Fsp3) is 0.562. The number of carbonyl (C=O) groups is 1. The predicted molar refractivity (Wildman–Crippen MR) is 72.7 cm³/mol. The van der Waals surface area contributed by atoms with E-state index in [1.807, 2.05) is 12.1 Å². The number of carbonyl (C=O) groups excluding carboxylic acids is 1. The van der Waals surface area contributed by atoms with E-state index in [-0.39, 0.29) is 0 Å². The number of hydrogen-bond donors (Lipinski definition) is 0. The van der Waals surface area contributed by atoms with E-state index in [0.717, 1.165) is 38.9 Å². The van der Waals surface area contributed by atoms with E-state index in [9.17, 15) is 4.79 Å². The Balaban J connectivity index is 1.76. The molecule has 1 saturated heterocycles. The minimum atomic E-state index is 0.408. The van der Waals surface area contributed by atoms with Crippen molar-refractivity contribution in [1.29, 1.82) is 0 Å². The molecule has 0 N–H and O–H groups in total. The van der Waals surface area contributed by atoms with Gasteiger partial charge in [-0.15, -0.1) is 0 Å². The molecular weight excluding hydrogens is 224 g/mol. The van der Waals surface area contributed by atoms with Crippen LogP contribution in [0, 0.1) is 12.8 Å². The first kappa shape index (κ1) is 13.3. The molecule has 1 aliphatic rings. The van der Waals surface area contributed by atoms with Crippen LogP contribution in [-0.2, 0) is 16.0 Å². The maximum Gasteiger partial charge on any atom is 0.133 e. The maximum atomic E-state index is 12.0. The van der Waals surface area contributed by atoms with Crippen LogP contribution in [0.1, 0.15) is 36.8 Å². The van der Waals surface area contributed by atoms with Gasteiger partial charge in [-0.25, -0.2) is 0 Å². The summed E-state index contributed by atoms with van der Waals surface area (Å²) in [6.07, 6.45) is 4.42. The second-order valence-corrected chi connectivity index (χ2v) is 5.23. The monoisotopic (exact) mass is 246 g/mol. The number of Topliss-reactive ketones (excluding diaryl/α,β-unsaturated/α-hetero) is 1. The molecule has 2 nitrogen and oxygen atoms in total. The molecule has 0 spiro atoms. The lowest BCUT2D eigenvalue weighted by atomic mass is 9.92. The molecule has 0 aliphatic carbocycles. The zero-order valence-electron chi connectivity index (χ0n) is 11.2. The summed E-state index contributed by atoms with van der Waals surface area (Å²) < 4.78 is 5.31. The maximum absolute atomic E-state index is 12.0. The lowest BCUT2D eigenvalue weighted by Gasteiger charge is -2.21. The average Bonchev–Trinajstić information content (AvgIpc) is 2.39. The highest BCUT2D eigenvalue weighted by molar-refractivity contribution is 5.78. The largest absolute Gasteiger partial charge is 0.381 e. The van der Waals surface area contributed by atoms with E-state index in [1.165, 1.54) is 11.1 Å². The van der Waals surface area contributed by atoms with E-state index in [1.54, 1.807) is 0 Å². The van der Waals surface area contributed by atoms with Crippen molar-refractivity contribution in [2.45, 2.75) is 39.0 Å². The van der Waals surface area contributed by atoms with Gasteiger partial charge < -0.3 is 4.74 Å². The SMILES string of the molecule is Cc1ccccc1CCC(=O)CC1CCOCC1. The van der Waals surface area contributed by atoms with Crippen LogP contribution in [0.5, 0.6) is 0 Å². The number of benzene rings is 1. The normalized spacial score (nSPS) is 16.7. The molecule has 0 atom stereocenters. The third kappa shape index (κ3) is 3.95. The van der Waals surface area contributed by atoms with E-state index < -0.39 is 0 Å². The van der Waals surface area contributed by atoms with Crippen LogP contribution in [0.25, 0.3) is 0 Å². The molecule has 0 radical (unpaired) electrons. The molecule has 98 valence electrons. The van der Waals surface area contributed by atoms with Gasteiger partial charge in [0.25, 0.3) is 0 Å². The molecule has 1 heterocycles. The van der Waals surface area contributed by atoms with Gasteiger partial charge in [0.1, 0.15) is 5.78 Å². The van der Waals surface area contributed by atoms with Crippen molar-refractivity contribution < 1.29 is 9.53 Å². The van der Waals surface area contributed by atoms with Gasteiger partial charge in [-0.05, 0) is 43.2 Å². The summed E-state index contributed by atoms with van der Waals surface area (Å²) in [5.41, 5.74) is 2.59. The second kappa shape index (κ2) is 6.69. The Morgan fingerprint density at radius 1 is 1.28 bits per heavy atom. The molecular formula is C16H22O2. The van der Waals surface area contributed by atoms with Crippen LogP contribution < -0.4 is 0 Å². The molecule has 1 aromatic carbocycles. The Hall–Kier alpha value is -1.15. The summed E-state index contributed by atoms with van der Waals surface area (Å²) in [5, 5.41) is 0. The quantitative estimate of drug-likeness (QED) is 0.796. The highest BCUT2D eigenvalue weighted by Crippen LogP contribution is 2.20. The summed E-state index contributed by atoms with van der Waals surface area (Å²) in [7, 11) is 0. The summed E-state index contributed by atoms with van der Waals surface area (Å²) in [4.78, 5) is 12.0. The number of hydrogen-bond acceptors (Lipinski definition) is 2. The van der Waals surface area contributed by atoms with Crippen LogP contribution >= 0.6 is 0 Å². The van der Waals surface area contributed by atoms with E-state index >= 15 is 0 Å². The van der Waals surface area contributed by atoms with Gasteiger partial charge in [-0.2, -0.15) is 0 Å². The van der Waals surface area contributed by atoms with Gasteiger partial charge in [-0.3, -0.25) is 4.79 Å². The zero-order chi connectivity index (χ0) is 12.8. The van der Waals surface area contributed by atoms with Gasteiger partial charge in [-0.1, -0.05) is 24.3 Å². The third-order valence-electron chi connectivity index (χ3n) is 3.79. The first-order chi connectivity index (χ1) is 8.75. The Labute approximate surface area is 109 Å². The number of ketones is 1. The fourth-order valence-electron chi connectivity index (χ4n) is 2.54. The predicted octanol–water partition coefficient (Wildman–Crippen LogP) is 3.31. The topological polar surface area (TPSA) is 26.3 Å². The summed E-state index contributed by atoms with van der Waals surface area (Å²) in [6, 6.07) is 8.32.